The predicted molar refractivity (Wildman–Crippen MR) is 49.9 cm³/mol. The Hall–Kier alpha value is -0.0900. The molecule has 0 amide bonds. The van der Waals surface area contributed by atoms with Crippen LogP contribution in [0, 0.1) is 0 Å². The first-order valence-corrected chi connectivity index (χ1v) is 4.89. The van der Waals surface area contributed by atoms with Crippen LogP contribution in [0.2, 0.25) is 10.0 Å². The normalized spacial score (nSPS) is 12.9. The Balaban J connectivity index is 3.08. The second kappa shape index (κ2) is 4.23. The minimum atomic E-state index is -1.48. The monoisotopic (exact) mass is 224 g/mol. The van der Waals surface area contributed by atoms with E-state index < -0.39 is 11.1 Å². The number of halogens is 2. The molecule has 5 heteroatoms. The molecular formula is C7H6Cl2O2S. The summed E-state index contributed by atoms with van der Waals surface area (Å²) in [7, 11) is 1.35. The molecule has 0 bridgehead atoms. The van der Waals surface area contributed by atoms with Gasteiger partial charge in [-0.05, 0) is 18.2 Å². The third-order valence-electron chi connectivity index (χ3n) is 1.18. The zero-order valence-electron chi connectivity index (χ0n) is 6.21. The summed E-state index contributed by atoms with van der Waals surface area (Å²) in [6.07, 6.45) is 0. The second-order valence-corrected chi connectivity index (χ2v) is 4.15. The van der Waals surface area contributed by atoms with Crippen molar-refractivity contribution < 1.29 is 8.39 Å². The molecule has 1 aromatic carbocycles. The summed E-state index contributed by atoms with van der Waals surface area (Å²) in [6, 6.07) is 4.67. The zero-order chi connectivity index (χ0) is 9.14. The van der Waals surface area contributed by atoms with Gasteiger partial charge in [-0.1, -0.05) is 23.2 Å². The number of benzene rings is 1. The van der Waals surface area contributed by atoms with E-state index in [4.69, 9.17) is 23.2 Å². The van der Waals surface area contributed by atoms with E-state index in [-0.39, 0.29) is 0 Å². The van der Waals surface area contributed by atoms with Crippen molar-refractivity contribution in [2.24, 2.45) is 0 Å². The van der Waals surface area contributed by atoms with Gasteiger partial charge in [-0.25, -0.2) is 4.21 Å². The summed E-state index contributed by atoms with van der Waals surface area (Å²) in [5.41, 5.74) is 0. The van der Waals surface area contributed by atoms with Crippen molar-refractivity contribution in [1.82, 2.24) is 0 Å². The Morgan fingerprint density at radius 1 is 1.25 bits per heavy atom. The first kappa shape index (κ1) is 9.99. The molecule has 1 aromatic rings. The van der Waals surface area contributed by atoms with Gasteiger partial charge in [0.15, 0.2) is 11.1 Å². The quantitative estimate of drug-likeness (QED) is 0.773. The van der Waals surface area contributed by atoms with Crippen LogP contribution in [-0.4, -0.2) is 11.3 Å². The molecule has 1 unspecified atom stereocenters. The molecule has 66 valence electrons. The highest BCUT2D eigenvalue weighted by atomic mass is 35.5. The van der Waals surface area contributed by atoms with Crippen LogP contribution in [-0.2, 0) is 15.3 Å². The minimum absolute atomic E-state index is 0.447. The van der Waals surface area contributed by atoms with Gasteiger partial charge in [-0.3, -0.25) is 4.18 Å². The molecule has 0 fully saturated rings. The third-order valence-corrected chi connectivity index (χ3v) is 2.54. The van der Waals surface area contributed by atoms with Gasteiger partial charge in [0.1, 0.15) is 0 Å². The number of hydrogen-bond acceptors (Lipinski definition) is 2. The van der Waals surface area contributed by atoms with Crippen molar-refractivity contribution in [3.8, 4) is 0 Å². The summed E-state index contributed by atoms with van der Waals surface area (Å²) < 4.78 is 15.7. The van der Waals surface area contributed by atoms with Crippen LogP contribution in [0.1, 0.15) is 0 Å². The lowest BCUT2D eigenvalue weighted by Gasteiger charge is -1.99. The Labute approximate surface area is 83.1 Å². The fourth-order valence-electron chi connectivity index (χ4n) is 0.721. The van der Waals surface area contributed by atoms with Gasteiger partial charge >= 0.3 is 0 Å². The van der Waals surface area contributed by atoms with Crippen LogP contribution in [0.5, 0.6) is 0 Å². The average Bonchev–Trinajstić information content (AvgIpc) is 2.01. The van der Waals surface area contributed by atoms with E-state index in [0.717, 1.165) is 0 Å². The topological polar surface area (TPSA) is 26.3 Å². The fraction of sp³-hybridized carbons (Fsp3) is 0.143. The smallest absolute Gasteiger partial charge is 0.188 e. The van der Waals surface area contributed by atoms with Crippen molar-refractivity contribution in [2.45, 2.75) is 4.90 Å². The van der Waals surface area contributed by atoms with Crippen LogP contribution in [0.25, 0.3) is 0 Å². The number of rotatable bonds is 2. The lowest BCUT2D eigenvalue weighted by atomic mass is 10.4. The van der Waals surface area contributed by atoms with E-state index in [0.29, 0.717) is 14.9 Å². The molecule has 0 aromatic heterocycles. The molecule has 12 heavy (non-hydrogen) atoms. The first-order valence-electron chi connectivity index (χ1n) is 3.06. The summed E-state index contributed by atoms with van der Waals surface area (Å²) in [5.74, 6) is 0. The average molecular weight is 225 g/mol. The highest BCUT2D eigenvalue weighted by Crippen LogP contribution is 2.21. The van der Waals surface area contributed by atoms with Crippen molar-refractivity contribution in [3.63, 3.8) is 0 Å². The third kappa shape index (κ3) is 2.45. The SMILES string of the molecule is COS(=O)c1cc(Cl)cc(Cl)c1. The van der Waals surface area contributed by atoms with Crippen molar-refractivity contribution in [3.05, 3.63) is 28.2 Å². The molecule has 1 rings (SSSR count). The molecule has 0 aliphatic rings. The predicted octanol–water partition coefficient (Wildman–Crippen LogP) is 2.66. The van der Waals surface area contributed by atoms with Gasteiger partial charge in [-0.15, -0.1) is 0 Å². The standard InChI is InChI=1S/C7H6Cl2O2S/c1-11-12(10)7-3-5(8)2-6(9)4-7/h2-4H,1H3. The van der Waals surface area contributed by atoms with Crippen LogP contribution >= 0.6 is 23.2 Å². The van der Waals surface area contributed by atoms with Gasteiger partial charge in [0.05, 0.1) is 12.0 Å². The molecule has 0 aliphatic carbocycles. The van der Waals surface area contributed by atoms with Gasteiger partial charge in [0.2, 0.25) is 0 Å². The molecule has 0 saturated carbocycles. The Kier molecular flexibility index (Phi) is 3.53. The molecule has 0 radical (unpaired) electrons. The van der Waals surface area contributed by atoms with Crippen LogP contribution < -0.4 is 0 Å². The van der Waals surface area contributed by atoms with Gasteiger partial charge in [0, 0.05) is 10.0 Å². The van der Waals surface area contributed by atoms with E-state index in [1.54, 1.807) is 18.2 Å². The Bertz CT molecular complexity index is 294. The molecule has 0 N–H and O–H groups in total. The first-order chi connectivity index (χ1) is 5.63. The van der Waals surface area contributed by atoms with Gasteiger partial charge in [0.25, 0.3) is 0 Å². The molecule has 1 atom stereocenters. The molecule has 2 nitrogen and oxygen atoms in total. The lowest BCUT2D eigenvalue weighted by molar-refractivity contribution is 0.446. The maximum Gasteiger partial charge on any atom is 0.188 e. The van der Waals surface area contributed by atoms with E-state index in [1.165, 1.54) is 7.11 Å². The van der Waals surface area contributed by atoms with Gasteiger partial charge in [-0.2, -0.15) is 0 Å². The minimum Gasteiger partial charge on any atom is -0.290 e. The van der Waals surface area contributed by atoms with E-state index in [2.05, 4.69) is 4.18 Å². The van der Waals surface area contributed by atoms with Crippen molar-refractivity contribution in [1.29, 1.82) is 0 Å². The van der Waals surface area contributed by atoms with E-state index >= 15 is 0 Å². The maximum atomic E-state index is 11.1. The van der Waals surface area contributed by atoms with Crippen LogP contribution in [0.15, 0.2) is 23.1 Å². The largest absolute Gasteiger partial charge is 0.290 e. The molecule has 0 aliphatic heterocycles. The molecule has 0 heterocycles. The van der Waals surface area contributed by atoms with Crippen LogP contribution in [0.4, 0.5) is 0 Å². The summed E-state index contributed by atoms with van der Waals surface area (Å²) in [4.78, 5) is 0.468. The van der Waals surface area contributed by atoms with Gasteiger partial charge < -0.3 is 0 Å². The van der Waals surface area contributed by atoms with Crippen molar-refractivity contribution in [2.75, 3.05) is 7.11 Å². The maximum absolute atomic E-state index is 11.1. The highest BCUT2D eigenvalue weighted by molar-refractivity contribution is 7.80. The summed E-state index contributed by atoms with van der Waals surface area (Å²) >= 11 is 9.87. The number of hydrogen-bond donors (Lipinski definition) is 0. The second-order valence-electron chi connectivity index (χ2n) is 2.01. The Morgan fingerprint density at radius 3 is 2.17 bits per heavy atom. The van der Waals surface area contributed by atoms with E-state index in [9.17, 15) is 4.21 Å². The summed E-state index contributed by atoms with van der Waals surface area (Å²) in [5, 5.41) is 0.894. The van der Waals surface area contributed by atoms with Crippen molar-refractivity contribution >= 4 is 34.3 Å². The van der Waals surface area contributed by atoms with E-state index in [1.807, 2.05) is 0 Å². The molecule has 0 saturated heterocycles. The van der Waals surface area contributed by atoms with Crippen LogP contribution in [0.3, 0.4) is 0 Å². The fourth-order valence-corrected chi connectivity index (χ4v) is 2.02. The Morgan fingerprint density at radius 2 is 1.75 bits per heavy atom. The lowest BCUT2D eigenvalue weighted by Crippen LogP contribution is -1.92. The highest BCUT2D eigenvalue weighted by Gasteiger charge is 2.04. The summed E-state index contributed by atoms with van der Waals surface area (Å²) in [6.45, 7) is 0. The molecular weight excluding hydrogens is 219 g/mol. The zero-order valence-corrected chi connectivity index (χ0v) is 8.54. The molecule has 0 spiro atoms.